The van der Waals surface area contributed by atoms with Crippen LogP contribution in [0.4, 0.5) is 0 Å². The lowest BCUT2D eigenvalue weighted by atomic mass is 9.99. The molecule has 1 amide bonds. The third-order valence-electron chi connectivity index (χ3n) is 4.89. The van der Waals surface area contributed by atoms with E-state index in [1.54, 1.807) is 12.4 Å². The van der Waals surface area contributed by atoms with E-state index in [4.69, 9.17) is 5.10 Å². The third kappa shape index (κ3) is 5.56. The molecule has 1 saturated heterocycles. The zero-order chi connectivity index (χ0) is 18.5. The lowest BCUT2D eigenvalue weighted by molar-refractivity contribution is -0.125. The molecule has 1 atom stereocenters. The van der Waals surface area contributed by atoms with Crippen LogP contribution >= 0.6 is 24.8 Å². The van der Waals surface area contributed by atoms with Gasteiger partial charge in [0, 0.05) is 42.8 Å². The maximum Gasteiger partial charge on any atom is 0.224 e. The Morgan fingerprint density at radius 1 is 1.14 bits per heavy atom. The van der Waals surface area contributed by atoms with Gasteiger partial charge >= 0.3 is 0 Å². The Labute approximate surface area is 182 Å². The molecule has 6 nitrogen and oxygen atoms in total. The monoisotopic (exact) mass is 433 g/mol. The lowest BCUT2D eigenvalue weighted by Gasteiger charge is -2.21. The van der Waals surface area contributed by atoms with Gasteiger partial charge in [-0.05, 0) is 43.7 Å². The van der Waals surface area contributed by atoms with Crippen molar-refractivity contribution in [2.45, 2.75) is 19.4 Å². The molecule has 2 aromatic heterocycles. The lowest BCUT2D eigenvalue weighted by Crippen LogP contribution is -2.40. The molecule has 3 heterocycles. The normalized spacial score (nSPS) is 15.7. The predicted octanol–water partition coefficient (Wildman–Crippen LogP) is 3.39. The standard InChI is InChI=1S/C21H23N5O.2ClH/c27-21(17-5-4-10-23-13-17)24-14-18-15-26(19-6-2-1-3-7-19)25-20(18)16-8-11-22-12-9-16;;/h1-3,6-9,11-12,15,17,23H,4-5,10,13-14H2,(H,24,27);2*1H. The van der Waals surface area contributed by atoms with E-state index in [9.17, 15) is 4.79 Å². The summed E-state index contributed by atoms with van der Waals surface area (Å²) in [6.45, 7) is 2.21. The molecule has 4 rings (SSSR count). The molecule has 154 valence electrons. The number of amides is 1. The molecule has 1 unspecified atom stereocenters. The Morgan fingerprint density at radius 3 is 2.59 bits per heavy atom. The first kappa shape index (κ1) is 22.9. The highest BCUT2D eigenvalue weighted by atomic mass is 35.5. The van der Waals surface area contributed by atoms with Crippen LogP contribution < -0.4 is 10.6 Å². The topological polar surface area (TPSA) is 71.8 Å². The van der Waals surface area contributed by atoms with Crippen LogP contribution in [0.25, 0.3) is 16.9 Å². The Morgan fingerprint density at radius 2 is 1.90 bits per heavy atom. The molecule has 29 heavy (non-hydrogen) atoms. The van der Waals surface area contributed by atoms with Gasteiger partial charge in [0.1, 0.15) is 0 Å². The first-order chi connectivity index (χ1) is 13.3. The van der Waals surface area contributed by atoms with Gasteiger partial charge in [-0.1, -0.05) is 18.2 Å². The number of aromatic nitrogens is 3. The number of nitrogens with one attached hydrogen (secondary N) is 2. The summed E-state index contributed by atoms with van der Waals surface area (Å²) in [7, 11) is 0. The highest BCUT2D eigenvalue weighted by molar-refractivity contribution is 5.85. The van der Waals surface area contributed by atoms with Gasteiger partial charge in [-0.2, -0.15) is 5.10 Å². The van der Waals surface area contributed by atoms with E-state index in [1.807, 2.05) is 53.3 Å². The van der Waals surface area contributed by atoms with Crippen molar-refractivity contribution < 1.29 is 4.79 Å². The molecule has 1 aliphatic heterocycles. The minimum absolute atomic E-state index is 0. The average Bonchev–Trinajstić information content (AvgIpc) is 3.18. The number of hydrogen-bond acceptors (Lipinski definition) is 4. The van der Waals surface area contributed by atoms with E-state index in [2.05, 4.69) is 15.6 Å². The second-order valence-electron chi connectivity index (χ2n) is 6.78. The van der Waals surface area contributed by atoms with Crippen LogP contribution in [-0.2, 0) is 11.3 Å². The van der Waals surface area contributed by atoms with Crippen LogP contribution in [0.2, 0.25) is 0 Å². The summed E-state index contributed by atoms with van der Waals surface area (Å²) in [4.78, 5) is 16.6. The number of rotatable bonds is 5. The number of benzene rings is 1. The second-order valence-corrected chi connectivity index (χ2v) is 6.78. The van der Waals surface area contributed by atoms with Crippen LogP contribution in [0.15, 0.2) is 61.1 Å². The van der Waals surface area contributed by atoms with E-state index >= 15 is 0 Å². The Hall–Kier alpha value is -2.41. The highest BCUT2D eigenvalue weighted by Gasteiger charge is 2.21. The van der Waals surface area contributed by atoms with Crippen molar-refractivity contribution in [2.24, 2.45) is 5.92 Å². The molecule has 3 aromatic rings. The van der Waals surface area contributed by atoms with Crippen molar-refractivity contribution in [1.29, 1.82) is 0 Å². The molecule has 1 fully saturated rings. The number of carbonyl (C=O) groups is 1. The number of pyridine rings is 1. The maximum absolute atomic E-state index is 12.5. The number of halogens is 2. The third-order valence-corrected chi connectivity index (χ3v) is 4.89. The molecule has 0 aliphatic carbocycles. The molecule has 1 aromatic carbocycles. The zero-order valence-corrected chi connectivity index (χ0v) is 17.6. The number of nitrogens with zero attached hydrogens (tertiary/aromatic N) is 3. The van der Waals surface area contributed by atoms with Crippen molar-refractivity contribution in [2.75, 3.05) is 13.1 Å². The molecule has 1 aliphatic rings. The van der Waals surface area contributed by atoms with Crippen molar-refractivity contribution in [3.63, 3.8) is 0 Å². The molecule has 8 heteroatoms. The summed E-state index contributed by atoms with van der Waals surface area (Å²) >= 11 is 0. The van der Waals surface area contributed by atoms with Gasteiger partial charge in [-0.25, -0.2) is 4.68 Å². The highest BCUT2D eigenvalue weighted by Crippen LogP contribution is 2.23. The molecule has 0 saturated carbocycles. The molecule has 0 radical (unpaired) electrons. The molecule has 0 bridgehead atoms. The summed E-state index contributed by atoms with van der Waals surface area (Å²) in [5, 5.41) is 11.2. The van der Waals surface area contributed by atoms with E-state index in [-0.39, 0.29) is 36.6 Å². The summed E-state index contributed by atoms with van der Waals surface area (Å²) in [6, 6.07) is 13.9. The van der Waals surface area contributed by atoms with Crippen LogP contribution in [0.1, 0.15) is 18.4 Å². The van der Waals surface area contributed by atoms with Gasteiger partial charge in [0.2, 0.25) is 5.91 Å². The van der Waals surface area contributed by atoms with Crippen molar-refractivity contribution in [1.82, 2.24) is 25.4 Å². The predicted molar refractivity (Wildman–Crippen MR) is 119 cm³/mol. The first-order valence-electron chi connectivity index (χ1n) is 9.34. The average molecular weight is 434 g/mol. The van der Waals surface area contributed by atoms with Crippen molar-refractivity contribution in [3.05, 3.63) is 66.6 Å². The quantitative estimate of drug-likeness (QED) is 0.646. The molecular formula is C21H25Cl2N5O. The Kier molecular flexibility index (Phi) is 8.64. The summed E-state index contributed by atoms with van der Waals surface area (Å²) < 4.78 is 1.86. The summed E-state index contributed by atoms with van der Waals surface area (Å²) in [6.07, 6.45) is 7.50. The first-order valence-corrected chi connectivity index (χ1v) is 9.34. The van der Waals surface area contributed by atoms with Gasteiger partial charge in [-0.3, -0.25) is 9.78 Å². The van der Waals surface area contributed by atoms with Gasteiger partial charge in [-0.15, -0.1) is 24.8 Å². The van der Waals surface area contributed by atoms with Crippen LogP contribution in [0.3, 0.4) is 0 Å². The van der Waals surface area contributed by atoms with Crippen LogP contribution in [-0.4, -0.2) is 33.8 Å². The fraction of sp³-hybridized carbons (Fsp3) is 0.286. The SMILES string of the molecule is Cl.Cl.O=C(NCc1cn(-c2ccccc2)nc1-c1ccncc1)C1CCCNC1. The summed E-state index contributed by atoms with van der Waals surface area (Å²) in [5.74, 6) is 0.155. The Balaban J connectivity index is 0.00000150. The number of para-hydroxylation sites is 1. The molecular weight excluding hydrogens is 409 g/mol. The zero-order valence-electron chi connectivity index (χ0n) is 16.0. The Bertz CT molecular complexity index is 896. The van der Waals surface area contributed by atoms with E-state index in [1.165, 1.54) is 0 Å². The van der Waals surface area contributed by atoms with Crippen molar-refractivity contribution >= 4 is 30.7 Å². The summed E-state index contributed by atoms with van der Waals surface area (Å²) in [5.41, 5.74) is 3.83. The second kappa shape index (κ2) is 11.0. The minimum atomic E-state index is 0. The van der Waals surface area contributed by atoms with Gasteiger partial charge in [0.15, 0.2) is 0 Å². The maximum atomic E-state index is 12.5. The number of hydrogen-bond donors (Lipinski definition) is 2. The number of piperidine rings is 1. The van der Waals surface area contributed by atoms with Crippen LogP contribution in [0.5, 0.6) is 0 Å². The van der Waals surface area contributed by atoms with E-state index in [0.29, 0.717) is 6.54 Å². The minimum Gasteiger partial charge on any atom is -0.352 e. The van der Waals surface area contributed by atoms with Gasteiger partial charge < -0.3 is 10.6 Å². The van der Waals surface area contributed by atoms with Gasteiger partial charge in [0.25, 0.3) is 0 Å². The van der Waals surface area contributed by atoms with Crippen LogP contribution in [0, 0.1) is 5.92 Å². The fourth-order valence-corrected chi connectivity index (χ4v) is 3.41. The number of carbonyl (C=O) groups excluding carboxylic acids is 1. The van der Waals surface area contributed by atoms with Gasteiger partial charge in [0.05, 0.1) is 17.3 Å². The fourth-order valence-electron chi connectivity index (χ4n) is 3.41. The largest absolute Gasteiger partial charge is 0.352 e. The van der Waals surface area contributed by atoms with E-state index in [0.717, 1.165) is 48.4 Å². The van der Waals surface area contributed by atoms with Crippen molar-refractivity contribution in [3.8, 4) is 16.9 Å². The molecule has 0 spiro atoms. The van der Waals surface area contributed by atoms with E-state index < -0.39 is 0 Å². The smallest absolute Gasteiger partial charge is 0.224 e. The molecule has 2 N–H and O–H groups in total.